The fraction of sp³-hybridized carbons (Fsp3) is 0.375. The van der Waals surface area contributed by atoms with E-state index in [0.717, 1.165) is 43.4 Å². The molecule has 0 aromatic heterocycles. The average Bonchev–Trinajstić information content (AvgIpc) is 3.23. The van der Waals surface area contributed by atoms with E-state index >= 15 is 0 Å². The summed E-state index contributed by atoms with van der Waals surface area (Å²) < 4.78 is 5.15. The quantitative estimate of drug-likeness (QED) is 0.557. The molecule has 5 heteroatoms. The van der Waals surface area contributed by atoms with E-state index in [2.05, 4.69) is 0 Å². The van der Waals surface area contributed by atoms with Gasteiger partial charge in [-0.1, -0.05) is 30.3 Å². The van der Waals surface area contributed by atoms with Crippen molar-refractivity contribution in [3.8, 4) is 0 Å². The molecule has 0 saturated carbocycles. The van der Waals surface area contributed by atoms with Crippen molar-refractivity contribution >= 4 is 23.3 Å². The average molecular weight is 391 g/mol. The van der Waals surface area contributed by atoms with Gasteiger partial charge < -0.3 is 9.64 Å². The number of carbonyl (C=O) groups excluding carboxylic acids is 3. The lowest BCUT2D eigenvalue weighted by Gasteiger charge is -2.29. The second-order valence-electron chi connectivity index (χ2n) is 7.70. The van der Waals surface area contributed by atoms with Crippen LogP contribution in [0.15, 0.2) is 42.5 Å². The number of amides is 1. The minimum Gasteiger partial charge on any atom is -0.456 e. The Morgan fingerprint density at radius 2 is 1.66 bits per heavy atom. The number of anilines is 1. The summed E-state index contributed by atoms with van der Waals surface area (Å²) in [6.07, 6.45) is 5.15. The van der Waals surface area contributed by atoms with Crippen LogP contribution in [0.5, 0.6) is 0 Å². The summed E-state index contributed by atoms with van der Waals surface area (Å²) in [5, 5.41) is 0. The van der Waals surface area contributed by atoms with E-state index in [1.807, 2.05) is 42.5 Å². The molecule has 0 bridgehead atoms. The van der Waals surface area contributed by atoms with E-state index in [9.17, 15) is 14.4 Å². The van der Waals surface area contributed by atoms with E-state index in [1.165, 1.54) is 11.1 Å². The summed E-state index contributed by atoms with van der Waals surface area (Å²) in [7, 11) is 0. The maximum absolute atomic E-state index is 12.5. The Bertz CT molecular complexity index is 950. The molecule has 1 amide bonds. The van der Waals surface area contributed by atoms with E-state index in [0.29, 0.717) is 12.1 Å². The van der Waals surface area contributed by atoms with Crippen LogP contribution in [0.3, 0.4) is 0 Å². The summed E-state index contributed by atoms with van der Waals surface area (Å²) in [5.41, 5.74) is 5.24. The second kappa shape index (κ2) is 8.60. The van der Waals surface area contributed by atoms with Crippen LogP contribution in [0.4, 0.5) is 5.69 Å². The molecule has 1 aliphatic heterocycles. The highest BCUT2D eigenvalue weighted by Gasteiger charge is 2.23. The van der Waals surface area contributed by atoms with E-state index in [4.69, 9.17) is 4.74 Å². The van der Waals surface area contributed by atoms with Crippen LogP contribution < -0.4 is 4.90 Å². The Morgan fingerprint density at radius 3 is 2.55 bits per heavy atom. The zero-order chi connectivity index (χ0) is 20.2. The van der Waals surface area contributed by atoms with E-state index in [1.54, 1.807) is 4.90 Å². The monoisotopic (exact) mass is 391 g/mol. The Hall–Kier alpha value is -2.95. The third kappa shape index (κ3) is 4.39. The van der Waals surface area contributed by atoms with Crippen LogP contribution in [-0.2, 0) is 33.6 Å². The van der Waals surface area contributed by atoms with Gasteiger partial charge in [0.05, 0.1) is 6.42 Å². The number of aryl methyl sites for hydroxylation is 3. The molecule has 2 aromatic carbocycles. The van der Waals surface area contributed by atoms with Crippen LogP contribution >= 0.6 is 0 Å². The van der Waals surface area contributed by atoms with Gasteiger partial charge in [0.1, 0.15) is 0 Å². The van der Waals surface area contributed by atoms with Gasteiger partial charge in [-0.25, -0.2) is 0 Å². The molecule has 4 rings (SSSR count). The lowest BCUT2D eigenvalue weighted by Crippen LogP contribution is -2.38. The number of para-hydroxylation sites is 1. The fourth-order valence-electron chi connectivity index (χ4n) is 4.19. The lowest BCUT2D eigenvalue weighted by atomic mass is 10.0. The molecule has 2 aromatic rings. The van der Waals surface area contributed by atoms with Gasteiger partial charge in [-0.2, -0.15) is 0 Å². The van der Waals surface area contributed by atoms with Gasteiger partial charge in [-0.05, 0) is 60.9 Å². The Morgan fingerprint density at radius 1 is 0.862 bits per heavy atom. The number of nitrogens with zero attached hydrogens (tertiary/aromatic N) is 1. The normalized spacial score (nSPS) is 14.8. The predicted octanol–water partition coefficient (Wildman–Crippen LogP) is 3.66. The largest absolute Gasteiger partial charge is 0.456 e. The van der Waals surface area contributed by atoms with Gasteiger partial charge in [0.2, 0.25) is 0 Å². The fourth-order valence-corrected chi connectivity index (χ4v) is 4.19. The Labute approximate surface area is 170 Å². The zero-order valence-electron chi connectivity index (χ0n) is 16.5. The van der Waals surface area contributed by atoms with Crippen molar-refractivity contribution in [3.63, 3.8) is 0 Å². The van der Waals surface area contributed by atoms with Crippen molar-refractivity contribution in [2.45, 2.75) is 44.9 Å². The third-order valence-corrected chi connectivity index (χ3v) is 5.74. The summed E-state index contributed by atoms with van der Waals surface area (Å²) in [6.45, 7) is 0.338. The Balaban J connectivity index is 1.26. The summed E-state index contributed by atoms with van der Waals surface area (Å²) in [6, 6.07) is 13.6. The summed E-state index contributed by atoms with van der Waals surface area (Å²) in [4.78, 5) is 38.6. The van der Waals surface area contributed by atoms with Gasteiger partial charge >= 0.3 is 5.97 Å². The first-order valence-corrected chi connectivity index (χ1v) is 10.3. The highest BCUT2D eigenvalue weighted by atomic mass is 16.5. The number of hydrogen-bond donors (Lipinski definition) is 0. The van der Waals surface area contributed by atoms with Crippen molar-refractivity contribution in [1.82, 2.24) is 0 Å². The van der Waals surface area contributed by atoms with Crippen LogP contribution in [0, 0.1) is 0 Å². The molecular formula is C24H25NO4. The van der Waals surface area contributed by atoms with Crippen molar-refractivity contribution in [3.05, 3.63) is 64.7 Å². The van der Waals surface area contributed by atoms with Crippen LogP contribution in [-0.4, -0.2) is 30.8 Å². The number of ketones is 1. The van der Waals surface area contributed by atoms with Crippen LogP contribution in [0.25, 0.3) is 0 Å². The number of hydrogen-bond acceptors (Lipinski definition) is 4. The van der Waals surface area contributed by atoms with Gasteiger partial charge in [0.15, 0.2) is 12.4 Å². The zero-order valence-corrected chi connectivity index (χ0v) is 16.5. The van der Waals surface area contributed by atoms with Gasteiger partial charge in [0, 0.05) is 24.2 Å². The molecule has 1 heterocycles. The standard InChI is InChI=1S/C24H25NO4/c26-22(20-11-10-17-6-3-7-19(17)15-20)12-13-24(28)29-16-23(27)25-14-4-8-18-5-1-2-9-21(18)25/h1-2,5,9-11,15H,3-4,6-8,12-14,16H2. The summed E-state index contributed by atoms with van der Waals surface area (Å²) in [5.74, 6) is -0.804. The second-order valence-corrected chi connectivity index (χ2v) is 7.70. The topological polar surface area (TPSA) is 63.7 Å². The highest BCUT2D eigenvalue weighted by Crippen LogP contribution is 2.27. The molecule has 0 unspecified atom stereocenters. The van der Waals surface area contributed by atoms with Gasteiger partial charge in [-0.3, -0.25) is 14.4 Å². The molecule has 0 saturated heterocycles. The molecule has 0 atom stereocenters. The van der Waals surface area contributed by atoms with Gasteiger partial charge in [0.25, 0.3) is 5.91 Å². The van der Waals surface area contributed by atoms with E-state index in [-0.39, 0.29) is 31.1 Å². The number of rotatable bonds is 6. The minimum absolute atomic E-state index is 0.0141. The van der Waals surface area contributed by atoms with Gasteiger partial charge in [-0.15, -0.1) is 0 Å². The molecular weight excluding hydrogens is 366 g/mol. The SMILES string of the molecule is O=C(CCC(=O)c1ccc2c(c1)CCC2)OCC(=O)N1CCCc2ccccc21. The summed E-state index contributed by atoms with van der Waals surface area (Å²) >= 11 is 0. The highest BCUT2D eigenvalue weighted by molar-refractivity contribution is 5.98. The number of carbonyl (C=O) groups is 3. The Kier molecular flexibility index (Phi) is 5.74. The van der Waals surface area contributed by atoms with Crippen LogP contribution in [0.1, 0.15) is 52.7 Å². The van der Waals surface area contributed by atoms with E-state index < -0.39 is 5.97 Å². The lowest BCUT2D eigenvalue weighted by molar-refractivity contribution is -0.147. The first-order chi connectivity index (χ1) is 14.1. The van der Waals surface area contributed by atoms with Crippen LogP contribution in [0.2, 0.25) is 0 Å². The first kappa shape index (κ1) is 19.4. The predicted molar refractivity (Wildman–Crippen MR) is 110 cm³/mol. The molecule has 0 fully saturated rings. The molecule has 0 spiro atoms. The van der Waals surface area contributed by atoms with Crippen molar-refractivity contribution in [2.24, 2.45) is 0 Å². The first-order valence-electron chi connectivity index (χ1n) is 10.3. The molecule has 2 aliphatic rings. The number of fused-ring (bicyclic) bond motifs is 2. The number of benzene rings is 2. The third-order valence-electron chi connectivity index (χ3n) is 5.74. The number of ether oxygens (including phenoxy) is 1. The van der Waals surface area contributed by atoms with Crippen molar-refractivity contribution in [2.75, 3.05) is 18.1 Å². The maximum Gasteiger partial charge on any atom is 0.306 e. The smallest absolute Gasteiger partial charge is 0.306 e. The molecule has 29 heavy (non-hydrogen) atoms. The number of Topliss-reactive ketones (excluding diaryl/α,β-unsaturated/α-hetero) is 1. The maximum atomic E-state index is 12.5. The molecule has 0 radical (unpaired) electrons. The molecule has 1 aliphatic carbocycles. The molecule has 5 nitrogen and oxygen atoms in total. The van der Waals surface area contributed by atoms with Crippen molar-refractivity contribution < 1.29 is 19.1 Å². The van der Waals surface area contributed by atoms with Crippen molar-refractivity contribution in [1.29, 1.82) is 0 Å². The molecule has 0 N–H and O–H groups in total. The minimum atomic E-state index is -0.516. The molecule has 150 valence electrons. The number of esters is 1.